The Labute approximate surface area is 95.5 Å². The summed E-state index contributed by atoms with van der Waals surface area (Å²) in [4.78, 5) is 10.7. The molecule has 0 fully saturated rings. The van der Waals surface area contributed by atoms with E-state index in [0.29, 0.717) is 0 Å². The molecule has 1 aliphatic heterocycles. The highest BCUT2D eigenvalue weighted by atomic mass is 16.3. The molecule has 84 valence electrons. The average Bonchev–Trinajstić information content (AvgIpc) is 2.75. The fraction of sp³-hybridized carbons (Fsp3) is 0.385. The molecule has 0 saturated carbocycles. The molecular formula is C13H17N2O+. The second-order valence-electron chi connectivity index (χ2n) is 4.24. The van der Waals surface area contributed by atoms with Crippen molar-refractivity contribution in [2.45, 2.75) is 32.2 Å². The van der Waals surface area contributed by atoms with Crippen LogP contribution in [0.3, 0.4) is 0 Å². The lowest BCUT2D eigenvalue weighted by molar-refractivity contribution is -0.491. The molecule has 1 aliphatic rings. The summed E-state index contributed by atoms with van der Waals surface area (Å²) in [6, 6.07) is 6.29. The maximum atomic E-state index is 10.7. The van der Waals surface area contributed by atoms with Crippen LogP contribution in [0, 0.1) is 4.91 Å². The van der Waals surface area contributed by atoms with Crippen LogP contribution in [0.2, 0.25) is 0 Å². The predicted octanol–water partition coefficient (Wildman–Crippen LogP) is 2.34. The van der Waals surface area contributed by atoms with Crippen molar-refractivity contribution in [3.63, 3.8) is 0 Å². The van der Waals surface area contributed by atoms with E-state index in [9.17, 15) is 4.91 Å². The lowest BCUT2D eigenvalue weighted by Crippen LogP contribution is -2.69. The van der Waals surface area contributed by atoms with Crippen LogP contribution in [0.1, 0.15) is 30.9 Å². The van der Waals surface area contributed by atoms with Crippen molar-refractivity contribution < 1.29 is 5.32 Å². The highest BCUT2D eigenvalue weighted by molar-refractivity contribution is 5.63. The van der Waals surface area contributed by atoms with Crippen LogP contribution in [0.15, 0.2) is 29.6 Å². The normalized spacial score (nSPS) is 14.8. The van der Waals surface area contributed by atoms with Gasteiger partial charge in [0.1, 0.15) is 5.69 Å². The monoisotopic (exact) mass is 217 g/mol. The van der Waals surface area contributed by atoms with Crippen LogP contribution in [0.5, 0.6) is 0 Å². The van der Waals surface area contributed by atoms with Crippen LogP contribution in [-0.4, -0.2) is 6.04 Å². The third-order valence-electron chi connectivity index (χ3n) is 2.95. The first-order valence-corrected chi connectivity index (χ1v) is 5.80. The Balaban J connectivity index is 2.07. The van der Waals surface area contributed by atoms with Crippen LogP contribution in [0.4, 0.5) is 5.69 Å². The third-order valence-corrected chi connectivity index (χ3v) is 2.95. The standard InChI is InChI=1S/C13H16N2O/c1-2-3-12(15-16)8-10-4-5-11-6-7-14-13(11)9-10/h4-7,9,12,14H,2-3,8H2,1H3/p+1. The Morgan fingerprint density at radius 1 is 1.44 bits per heavy atom. The molecule has 0 radical (unpaired) electrons. The fourth-order valence-corrected chi connectivity index (χ4v) is 2.10. The third kappa shape index (κ3) is 2.36. The van der Waals surface area contributed by atoms with Crippen molar-refractivity contribution in [1.82, 2.24) is 0 Å². The summed E-state index contributed by atoms with van der Waals surface area (Å²) >= 11 is 0. The summed E-state index contributed by atoms with van der Waals surface area (Å²) in [7, 11) is 0. The van der Waals surface area contributed by atoms with Gasteiger partial charge in [0, 0.05) is 17.7 Å². The first kappa shape index (κ1) is 11.0. The minimum atomic E-state index is -0.0718. The highest BCUT2D eigenvalue weighted by Crippen LogP contribution is 2.19. The zero-order valence-electron chi connectivity index (χ0n) is 9.52. The zero-order valence-corrected chi connectivity index (χ0v) is 9.52. The van der Waals surface area contributed by atoms with E-state index in [1.165, 1.54) is 16.8 Å². The van der Waals surface area contributed by atoms with Gasteiger partial charge in [-0.3, -0.25) is 5.32 Å². The molecule has 0 aliphatic carbocycles. The van der Waals surface area contributed by atoms with Crippen molar-refractivity contribution in [2.24, 2.45) is 5.18 Å². The van der Waals surface area contributed by atoms with Gasteiger partial charge in [-0.1, -0.05) is 24.6 Å². The number of nitrogens with two attached hydrogens (primary N) is 1. The average molecular weight is 217 g/mol. The number of hydrogen-bond acceptors (Lipinski definition) is 2. The maximum absolute atomic E-state index is 10.7. The van der Waals surface area contributed by atoms with Crippen LogP contribution in [-0.2, 0) is 6.42 Å². The lowest BCUT2D eigenvalue weighted by atomic mass is 10.0. The number of rotatable bonds is 5. The molecule has 1 aromatic rings. The molecular weight excluding hydrogens is 200 g/mol. The van der Waals surface area contributed by atoms with E-state index < -0.39 is 0 Å². The first-order valence-electron chi connectivity index (χ1n) is 5.80. The maximum Gasteiger partial charge on any atom is 0.141 e. The van der Waals surface area contributed by atoms with Crippen molar-refractivity contribution in [1.29, 1.82) is 0 Å². The van der Waals surface area contributed by atoms with Crippen molar-refractivity contribution in [3.8, 4) is 0 Å². The molecule has 0 aromatic heterocycles. The number of benzene rings is 1. The van der Waals surface area contributed by atoms with Gasteiger partial charge in [0.25, 0.3) is 0 Å². The van der Waals surface area contributed by atoms with E-state index >= 15 is 0 Å². The van der Waals surface area contributed by atoms with E-state index in [1.807, 2.05) is 0 Å². The summed E-state index contributed by atoms with van der Waals surface area (Å²) in [5.74, 6) is 0. The fourth-order valence-electron chi connectivity index (χ4n) is 2.10. The van der Waals surface area contributed by atoms with E-state index in [4.69, 9.17) is 0 Å². The summed E-state index contributed by atoms with van der Waals surface area (Å²) in [6.07, 6.45) is 6.80. The number of fused-ring (bicyclic) bond motifs is 1. The Bertz CT molecular complexity index is 412. The number of hydrogen-bond donors (Lipinski definition) is 1. The van der Waals surface area contributed by atoms with Crippen molar-refractivity contribution >= 4 is 11.8 Å². The number of quaternary nitrogens is 1. The molecule has 3 nitrogen and oxygen atoms in total. The van der Waals surface area contributed by atoms with Crippen LogP contribution < -0.4 is 5.32 Å². The van der Waals surface area contributed by atoms with Crippen molar-refractivity contribution in [3.05, 3.63) is 40.4 Å². The molecule has 1 unspecified atom stereocenters. The summed E-state index contributed by atoms with van der Waals surface area (Å²) in [5.41, 5.74) is 3.71. The van der Waals surface area contributed by atoms with E-state index in [1.54, 1.807) is 0 Å². The molecule has 16 heavy (non-hydrogen) atoms. The SMILES string of the molecule is CCCC(Cc1ccc2c(c1)[NH2+]C=C2)N=O. The second kappa shape index (κ2) is 5.03. The molecule has 3 heteroatoms. The minimum absolute atomic E-state index is 0.0718. The van der Waals surface area contributed by atoms with Crippen molar-refractivity contribution in [2.75, 3.05) is 0 Å². The Kier molecular flexibility index (Phi) is 3.47. The molecule has 0 amide bonds. The lowest BCUT2D eigenvalue weighted by Gasteiger charge is -2.08. The number of nitrogens with zero attached hydrogens (tertiary/aromatic N) is 1. The Morgan fingerprint density at radius 3 is 3.06 bits per heavy atom. The van der Waals surface area contributed by atoms with Gasteiger partial charge >= 0.3 is 0 Å². The van der Waals surface area contributed by atoms with Gasteiger partial charge in [0.05, 0.1) is 12.2 Å². The number of nitroso groups, excluding NO2 is 1. The van der Waals surface area contributed by atoms with Crippen LogP contribution >= 0.6 is 0 Å². The van der Waals surface area contributed by atoms with Gasteiger partial charge in [0.15, 0.2) is 0 Å². The van der Waals surface area contributed by atoms with Gasteiger partial charge < -0.3 is 0 Å². The minimum Gasteiger partial charge on any atom is -0.287 e. The van der Waals surface area contributed by atoms with Gasteiger partial charge in [-0.05, 0) is 24.5 Å². The molecule has 1 aromatic carbocycles. The van der Waals surface area contributed by atoms with Gasteiger partial charge in [0.2, 0.25) is 0 Å². The zero-order chi connectivity index (χ0) is 11.4. The predicted molar refractivity (Wildman–Crippen MR) is 65.3 cm³/mol. The van der Waals surface area contributed by atoms with E-state index in [-0.39, 0.29) is 6.04 Å². The quantitative estimate of drug-likeness (QED) is 0.597. The first-order chi connectivity index (χ1) is 7.83. The molecule has 2 N–H and O–H groups in total. The van der Waals surface area contributed by atoms with Gasteiger partial charge in [-0.15, -0.1) is 0 Å². The highest BCUT2D eigenvalue weighted by Gasteiger charge is 2.13. The topological polar surface area (TPSA) is 46.0 Å². The molecule has 1 atom stereocenters. The van der Waals surface area contributed by atoms with E-state index in [2.05, 4.69) is 47.9 Å². The second-order valence-corrected chi connectivity index (χ2v) is 4.24. The van der Waals surface area contributed by atoms with Gasteiger partial charge in [-0.25, -0.2) is 0 Å². The smallest absolute Gasteiger partial charge is 0.141 e. The summed E-state index contributed by atoms with van der Waals surface area (Å²) < 4.78 is 0. The largest absolute Gasteiger partial charge is 0.287 e. The van der Waals surface area contributed by atoms with E-state index in [0.717, 1.165) is 19.3 Å². The molecule has 1 heterocycles. The summed E-state index contributed by atoms with van der Waals surface area (Å²) in [6.45, 7) is 2.08. The van der Waals surface area contributed by atoms with Gasteiger partial charge in [-0.2, -0.15) is 4.91 Å². The molecule has 0 saturated heterocycles. The molecule has 2 rings (SSSR count). The Morgan fingerprint density at radius 2 is 2.31 bits per heavy atom. The molecule has 0 spiro atoms. The van der Waals surface area contributed by atoms with Crippen LogP contribution in [0.25, 0.3) is 6.08 Å². The summed E-state index contributed by atoms with van der Waals surface area (Å²) in [5, 5.41) is 5.29. The Hall–Kier alpha value is -1.48. The molecule has 0 bridgehead atoms.